The number of hydrogen-bond donors (Lipinski definition) is 4. The number of fused-ring (bicyclic) bond motifs is 2. The number of ether oxygens (including phenoxy) is 5. The average Bonchev–Trinajstić information content (AvgIpc) is 3.37. The Labute approximate surface area is 245 Å². The number of benzene rings is 1. The fraction of sp³-hybridized carbons (Fsp3) is 0.774. The minimum Gasteiger partial charge on any atom is -0.455 e. The topological polar surface area (TPSA) is 147 Å². The van der Waals surface area contributed by atoms with Gasteiger partial charge in [-0.2, -0.15) is 0 Å². The highest BCUT2D eigenvalue weighted by molar-refractivity contribution is 5.89. The SMILES string of the molecule is COC[C@]12CN(C)C3[C@@H]4[C@H](OC)[C@H]1[C@@]3([C@@H](OC)C[C@H]2O)[C@@H]1C[C@@]2(O)[C@H](OC(=O)c3ccccc3)[C@@H]1[C@]4(O)[C@@H](O)[C@@H]2OC. The maximum atomic E-state index is 13.5. The number of aliphatic hydroxyl groups excluding tert-OH is 2. The smallest absolute Gasteiger partial charge is 0.338 e. The molecule has 5 aliphatic carbocycles. The van der Waals surface area contributed by atoms with Gasteiger partial charge in [0.15, 0.2) is 0 Å². The molecule has 4 N–H and O–H groups in total. The van der Waals surface area contributed by atoms with E-state index in [1.807, 2.05) is 7.05 Å². The Morgan fingerprint density at radius 1 is 1.00 bits per heavy atom. The van der Waals surface area contributed by atoms with Gasteiger partial charge in [-0.3, -0.25) is 0 Å². The van der Waals surface area contributed by atoms with Gasteiger partial charge in [0.05, 0.1) is 30.5 Å². The molecule has 6 aliphatic rings. The molecule has 1 spiro atoms. The maximum absolute atomic E-state index is 13.5. The third-order valence-electron chi connectivity index (χ3n) is 12.6. The summed E-state index contributed by atoms with van der Waals surface area (Å²) < 4.78 is 30.3. The number of methoxy groups -OCH3 is 4. The summed E-state index contributed by atoms with van der Waals surface area (Å²) in [6.07, 6.45) is -5.28. The summed E-state index contributed by atoms with van der Waals surface area (Å²) in [5, 5.41) is 49.4. The molecule has 1 heterocycles. The molecular weight excluding hydrogens is 546 g/mol. The Morgan fingerprint density at radius 3 is 2.33 bits per heavy atom. The van der Waals surface area contributed by atoms with Crippen molar-refractivity contribution in [2.75, 3.05) is 48.6 Å². The number of carbonyl (C=O) groups is 1. The lowest BCUT2D eigenvalue weighted by molar-refractivity contribution is -0.318. The van der Waals surface area contributed by atoms with Crippen LogP contribution in [-0.4, -0.2) is 134 Å². The normalized spacial score (nSPS) is 53.7. The second kappa shape index (κ2) is 9.42. The van der Waals surface area contributed by atoms with Crippen molar-refractivity contribution < 1.29 is 48.9 Å². The Kier molecular flexibility index (Phi) is 6.52. The van der Waals surface area contributed by atoms with Crippen molar-refractivity contribution in [3.05, 3.63) is 35.9 Å². The first-order valence-electron chi connectivity index (χ1n) is 14.9. The van der Waals surface area contributed by atoms with E-state index in [2.05, 4.69) is 4.90 Å². The lowest BCUT2D eigenvalue weighted by Gasteiger charge is -2.69. The van der Waals surface area contributed by atoms with Crippen molar-refractivity contribution in [3.63, 3.8) is 0 Å². The molecule has 0 radical (unpaired) electrons. The Bertz CT molecular complexity index is 1240. The zero-order valence-corrected chi connectivity index (χ0v) is 24.8. The molecule has 6 fully saturated rings. The molecule has 11 heteroatoms. The zero-order chi connectivity index (χ0) is 30.0. The average molecular weight is 590 g/mol. The van der Waals surface area contributed by atoms with Crippen LogP contribution in [0, 0.1) is 34.5 Å². The first-order chi connectivity index (χ1) is 20.0. The van der Waals surface area contributed by atoms with Crippen LogP contribution in [0.2, 0.25) is 0 Å². The number of rotatable bonds is 7. The van der Waals surface area contributed by atoms with Gasteiger partial charge in [-0.1, -0.05) is 18.2 Å². The molecule has 42 heavy (non-hydrogen) atoms. The standard InChI is InChI=1S/C31H43NO10/c1-32-13-28(14-38-2)17(33)11-18(39-3)30-16-12-29(36)25(42-27(35)15-9-7-6-8-10-15)19(16)31(37,24(34)26(29)41-5)20(23(30)32)21(40-4)22(28)30/h6-10,16-26,33-34,36-37H,11-14H2,1-5H3/t16-,17-,18+,19-,20+,21+,22-,23?,24+,25-,26+,28+,29-,30+,31-/m1/s1. The van der Waals surface area contributed by atoms with Crippen molar-refractivity contribution >= 4 is 5.97 Å². The van der Waals surface area contributed by atoms with Gasteiger partial charge in [0.1, 0.15) is 29.5 Å². The highest BCUT2D eigenvalue weighted by atomic mass is 16.6. The predicted octanol–water partition coefficient (Wildman–Crippen LogP) is -0.313. The van der Waals surface area contributed by atoms with E-state index in [0.717, 1.165) is 0 Å². The molecule has 0 aromatic heterocycles. The third kappa shape index (κ3) is 3.05. The summed E-state index contributed by atoms with van der Waals surface area (Å²) in [6, 6.07) is 8.22. The number of likely N-dealkylation sites (tertiary alicyclic amines) is 1. The second-order valence-electron chi connectivity index (χ2n) is 13.7. The van der Waals surface area contributed by atoms with Crippen LogP contribution in [0.4, 0.5) is 0 Å². The molecular formula is C31H43NO10. The third-order valence-corrected chi connectivity index (χ3v) is 12.6. The molecule has 1 aromatic carbocycles. The van der Waals surface area contributed by atoms with Crippen LogP contribution in [0.3, 0.4) is 0 Å². The van der Waals surface area contributed by atoms with E-state index >= 15 is 0 Å². The van der Waals surface area contributed by atoms with Crippen molar-refractivity contribution in [2.45, 2.75) is 66.7 Å². The molecule has 5 saturated carbocycles. The van der Waals surface area contributed by atoms with Crippen molar-refractivity contribution in [1.82, 2.24) is 4.90 Å². The molecule has 0 amide bonds. The molecule has 1 unspecified atom stereocenters. The minimum absolute atomic E-state index is 0.102. The van der Waals surface area contributed by atoms with Crippen LogP contribution in [-0.2, 0) is 23.7 Å². The quantitative estimate of drug-likeness (QED) is 0.311. The number of piperidine rings is 1. The van der Waals surface area contributed by atoms with Crippen LogP contribution in [0.1, 0.15) is 23.2 Å². The highest BCUT2D eigenvalue weighted by Crippen LogP contribution is 2.80. The molecule has 1 aliphatic heterocycles. The van der Waals surface area contributed by atoms with E-state index in [-0.39, 0.29) is 25.0 Å². The van der Waals surface area contributed by atoms with Gasteiger partial charge in [-0.25, -0.2) is 4.79 Å². The summed E-state index contributed by atoms with van der Waals surface area (Å²) in [4.78, 5) is 15.7. The predicted molar refractivity (Wildman–Crippen MR) is 146 cm³/mol. The minimum atomic E-state index is -1.86. The first-order valence-corrected chi connectivity index (χ1v) is 14.9. The Hall–Kier alpha value is -1.67. The van der Waals surface area contributed by atoms with Gasteiger partial charge in [0, 0.05) is 76.0 Å². The molecule has 11 nitrogen and oxygen atoms in total. The van der Waals surface area contributed by atoms with E-state index < -0.39 is 82.4 Å². The van der Waals surface area contributed by atoms with Crippen LogP contribution >= 0.6 is 0 Å². The molecule has 15 atom stereocenters. The van der Waals surface area contributed by atoms with E-state index in [0.29, 0.717) is 18.5 Å². The van der Waals surface area contributed by atoms with E-state index in [9.17, 15) is 25.2 Å². The summed E-state index contributed by atoms with van der Waals surface area (Å²) in [6.45, 7) is 0.760. The van der Waals surface area contributed by atoms with Crippen LogP contribution in [0.5, 0.6) is 0 Å². The number of esters is 1. The van der Waals surface area contributed by atoms with Gasteiger partial charge in [-0.05, 0) is 31.5 Å². The molecule has 7 bridgehead atoms. The lowest BCUT2D eigenvalue weighted by Crippen LogP contribution is -2.80. The highest BCUT2D eigenvalue weighted by Gasteiger charge is 2.91. The van der Waals surface area contributed by atoms with Crippen molar-refractivity contribution in [3.8, 4) is 0 Å². The van der Waals surface area contributed by atoms with Gasteiger partial charge >= 0.3 is 5.97 Å². The number of aliphatic hydroxyl groups is 4. The van der Waals surface area contributed by atoms with Crippen LogP contribution < -0.4 is 0 Å². The van der Waals surface area contributed by atoms with Crippen LogP contribution in [0.15, 0.2) is 30.3 Å². The fourth-order valence-electron chi connectivity index (χ4n) is 11.8. The summed E-state index contributed by atoms with van der Waals surface area (Å²) in [7, 11) is 8.22. The Balaban J connectivity index is 1.47. The van der Waals surface area contributed by atoms with Gasteiger partial charge < -0.3 is 49.0 Å². The van der Waals surface area contributed by atoms with Gasteiger partial charge in [0.2, 0.25) is 0 Å². The molecule has 7 rings (SSSR count). The fourth-order valence-corrected chi connectivity index (χ4v) is 11.8. The lowest BCUT2D eigenvalue weighted by atomic mass is 9.42. The van der Waals surface area contributed by atoms with E-state index in [1.165, 1.54) is 7.11 Å². The van der Waals surface area contributed by atoms with E-state index in [4.69, 9.17) is 23.7 Å². The number of nitrogens with zero attached hydrogens (tertiary/aromatic N) is 1. The largest absolute Gasteiger partial charge is 0.455 e. The number of hydrogen-bond acceptors (Lipinski definition) is 11. The summed E-state index contributed by atoms with van der Waals surface area (Å²) >= 11 is 0. The zero-order valence-electron chi connectivity index (χ0n) is 24.8. The van der Waals surface area contributed by atoms with E-state index in [1.54, 1.807) is 51.7 Å². The van der Waals surface area contributed by atoms with Gasteiger partial charge in [-0.15, -0.1) is 0 Å². The monoisotopic (exact) mass is 589 g/mol. The van der Waals surface area contributed by atoms with Gasteiger partial charge in [0.25, 0.3) is 0 Å². The maximum Gasteiger partial charge on any atom is 0.338 e. The second-order valence-corrected chi connectivity index (χ2v) is 13.7. The summed E-state index contributed by atoms with van der Waals surface area (Å²) in [5.74, 6) is -2.96. The molecule has 1 saturated heterocycles. The number of carbonyl (C=O) groups excluding carboxylic acids is 1. The first kappa shape index (κ1) is 29.1. The Morgan fingerprint density at radius 2 is 1.71 bits per heavy atom. The van der Waals surface area contributed by atoms with Crippen molar-refractivity contribution in [1.29, 1.82) is 0 Å². The molecule has 232 valence electrons. The van der Waals surface area contributed by atoms with Crippen LogP contribution in [0.25, 0.3) is 0 Å². The summed E-state index contributed by atoms with van der Waals surface area (Å²) in [5.41, 5.74) is -4.81. The van der Waals surface area contributed by atoms with Crippen molar-refractivity contribution in [2.24, 2.45) is 34.5 Å². The molecule has 1 aromatic rings.